The monoisotopic (exact) mass is 294 g/mol. The number of hydrogen-bond donors (Lipinski definition) is 1. The van der Waals surface area contributed by atoms with E-state index in [0.717, 1.165) is 5.56 Å². The third-order valence-electron chi connectivity index (χ3n) is 2.88. The minimum absolute atomic E-state index is 0.0645. The van der Waals surface area contributed by atoms with Gasteiger partial charge in [0.2, 0.25) is 5.91 Å². The second kappa shape index (κ2) is 8.97. The Morgan fingerprint density at radius 2 is 1.90 bits per heavy atom. The molecule has 0 radical (unpaired) electrons. The number of nitrogens with zero attached hydrogens (tertiary/aromatic N) is 1. The molecule has 0 unspecified atom stereocenters. The van der Waals surface area contributed by atoms with Gasteiger partial charge in [-0.25, -0.2) is 0 Å². The van der Waals surface area contributed by atoms with Crippen LogP contribution in [-0.4, -0.2) is 50.2 Å². The van der Waals surface area contributed by atoms with E-state index in [0.29, 0.717) is 25.4 Å². The van der Waals surface area contributed by atoms with Crippen LogP contribution >= 0.6 is 0 Å². The van der Waals surface area contributed by atoms with Gasteiger partial charge in [0.15, 0.2) is 0 Å². The topological polar surface area (TPSA) is 81.9 Å². The Hall–Kier alpha value is -2.08. The highest BCUT2D eigenvalue weighted by Gasteiger charge is 2.18. The first-order valence-corrected chi connectivity index (χ1v) is 6.83. The molecule has 21 heavy (non-hydrogen) atoms. The van der Waals surface area contributed by atoms with Crippen LogP contribution in [0.5, 0.6) is 0 Å². The fourth-order valence-electron chi connectivity index (χ4n) is 1.78. The average Bonchev–Trinajstić information content (AvgIpc) is 2.46. The molecular weight excluding hydrogens is 272 g/mol. The molecule has 0 fully saturated rings. The van der Waals surface area contributed by atoms with E-state index in [9.17, 15) is 9.59 Å². The van der Waals surface area contributed by atoms with Gasteiger partial charge in [0.25, 0.3) is 0 Å². The van der Waals surface area contributed by atoms with Crippen molar-refractivity contribution < 1.29 is 19.1 Å². The van der Waals surface area contributed by atoms with Gasteiger partial charge < -0.3 is 20.1 Å². The van der Waals surface area contributed by atoms with Crippen LogP contribution in [0.15, 0.2) is 24.3 Å². The van der Waals surface area contributed by atoms with Gasteiger partial charge in [-0.2, -0.15) is 0 Å². The summed E-state index contributed by atoms with van der Waals surface area (Å²) in [6.07, 6.45) is 0.212. The molecule has 116 valence electrons. The van der Waals surface area contributed by atoms with E-state index < -0.39 is 5.97 Å². The number of benzene rings is 1. The molecule has 6 heteroatoms. The first-order chi connectivity index (χ1) is 10.1. The van der Waals surface area contributed by atoms with E-state index in [2.05, 4.69) is 0 Å². The highest BCUT2D eigenvalue weighted by Crippen LogP contribution is 2.08. The third kappa shape index (κ3) is 6.27. The van der Waals surface area contributed by atoms with Crippen molar-refractivity contribution in [2.45, 2.75) is 13.3 Å². The summed E-state index contributed by atoms with van der Waals surface area (Å²) in [5, 5.41) is 0. The summed E-state index contributed by atoms with van der Waals surface area (Å²) in [6, 6.07) is 7.08. The van der Waals surface area contributed by atoms with Gasteiger partial charge >= 0.3 is 5.97 Å². The summed E-state index contributed by atoms with van der Waals surface area (Å²) in [7, 11) is 1.55. The predicted molar refractivity (Wildman–Crippen MR) is 79.6 cm³/mol. The van der Waals surface area contributed by atoms with E-state index >= 15 is 0 Å². The minimum atomic E-state index is -0.417. The van der Waals surface area contributed by atoms with E-state index in [4.69, 9.17) is 15.2 Å². The van der Waals surface area contributed by atoms with Crippen LogP contribution in [0.4, 0.5) is 5.69 Å². The minimum Gasteiger partial charge on any atom is -0.465 e. The zero-order valence-corrected chi connectivity index (χ0v) is 12.5. The molecule has 0 aliphatic heterocycles. The normalized spacial score (nSPS) is 10.2. The van der Waals surface area contributed by atoms with Crippen molar-refractivity contribution in [2.75, 3.05) is 39.1 Å². The molecule has 2 N–H and O–H groups in total. The summed E-state index contributed by atoms with van der Waals surface area (Å²) >= 11 is 0. The van der Waals surface area contributed by atoms with Gasteiger partial charge in [0.1, 0.15) is 6.54 Å². The summed E-state index contributed by atoms with van der Waals surface area (Å²) in [5.74, 6) is -0.566. The number of hydrogen-bond acceptors (Lipinski definition) is 5. The average molecular weight is 294 g/mol. The Kier molecular flexibility index (Phi) is 7.25. The lowest BCUT2D eigenvalue weighted by molar-refractivity contribution is -0.149. The van der Waals surface area contributed by atoms with Gasteiger partial charge in [-0.05, 0) is 24.6 Å². The summed E-state index contributed by atoms with van der Waals surface area (Å²) in [6.45, 7) is 2.68. The zero-order valence-electron chi connectivity index (χ0n) is 12.5. The van der Waals surface area contributed by atoms with Crippen molar-refractivity contribution in [2.24, 2.45) is 0 Å². The quantitative estimate of drug-likeness (QED) is 0.568. The number of methoxy groups -OCH3 is 1. The van der Waals surface area contributed by atoms with Crippen molar-refractivity contribution in [1.82, 2.24) is 4.90 Å². The van der Waals surface area contributed by atoms with Gasteiger partial charge in [0.05, 0.1) is 19.6 Å². The largest absolute Gasteiger partial charge is 0.465 e. The van der Waals surface area contributed by atoms with Gasteiger partial charge in [-0.3, -0.25) is 9.59 Å². The second-order valence-electron chi connectivity index (χ2n) is 4.53. The summed E-state index contributed by atoms with van der Waals surface area (Å²) in [5.41, 5.74) is 7.10. The van der Waals surface area contributed by atoms with Crippen molar-refractivity contribution in [3.63, 3.8) is 0 Å². The zero-order chi connectivity index (χ0) is 15.7. The van der Waals surface area contributed by atoms with Crippen molar-refractivity contribution in [1.29, 1.82) is 0 Å². The van der Waals surface area contributed by atoms with Crippen molar-refractivity contribution in [3.8, 4) is 0 Å². The molecule has 0 atom stereocenters. The predicted octanol–water partition coefficient (Wildman–Crippen LogP) is 0.849. The highest BCUT2D eigenvalue weighted by atomic mass is 16.5. The van der Waals surface area contributed by atoms with Gasteiger partial charge in [-0.1, -0.05) is 12.1 Å². The number of carbonyl (C=O) groups is 2. The van der Waals surface area contributed by atoms with Crippen molar-refractivity contribution in [3.05, 3.63) is 29.8 Å². The SMILES string of the molecule is CCOC(=O)CN(CCOC)C(=O)Cc1ccc(N)cc1. The molecule has 1 aromatic carbocycles. The summed E-state index contributed by atoms with van der Waals surface area (Å²) in [4.78, 5) is 25.3. The molecule has 0 saturated carbocycles. The Bertz CT molecular complexity index is 459. The van der Waals surface area contributed by atoms with Crippen molar-refractivity contribution >= 4 is 17.6 Å². The lowest BCUT2D eigenvalue weighted by Gasteiger charge is -2.21. The maximum absolute atomic E-state index is 12.3. The molecule has 0 bridgehead atoms. The van der Waals surface area contributed by atoms with E-state index in [1.54, 1.807) is 38.3 Å². The first kappa shape index (κ1) is 17.0. The standard InChI is InChI=1S/C15H22N2O4/c1-3-21-15(19)11-17(8-9-20-2)14(18)10-12-4-6-13(16)7-5-12/h4-7H,3,8-11,16H2,1-2H3. The molecule has 1 amide bonds. The molecule has 0 spiro atoms. The number of anilines is 1. The molecule has 0 aliphatic rings. The Morgan fingerprint density at radius 1 is 1.24 bits per heavy atom. The second-order valence-corrected chi connectivity index (χ2v) is 4.53. The number of nitrogens with two attached hydrogens (primary N) is 1. The Morgan fingerprint density at radius 3 is 2.48 bits per heavy atom. The van der Waals surface area contributed by atoms with Crippen LogP contribution in [0.2, 0.25) is 0 Å². The Balaban J connectivity index is 2.65. The van der Waals surface area contributed by atoms with Crippen LogP contribution in [0.25, 0.3) is 0 Å². The summed E-state index contributed by atoms with van der Waals surface area (Å²) < 4.78 is 9.85. The molecule has 0 saturated heterocycles. The maximum atomic E-state index is 12.3. The Labute approximate surface area is 124 Å². The first-order valence-electron chi connectivity index (χ1n) is 6.83. The lowest BCUT2D eigenvalue weighted by Crippen LogP contribution is -2.39. The van der Waals surface area contributed by atoms with Crippen LogP contribution in [0, 0.1) is 0 Å². The van der Waals surface area contributed by atoms with Crippen LogP contribution in [0.3, 0.4) is 0 Å². The smallest absolute Gasteiger partial charge is 0.325 e. The molecule has 0 aromatic heterocycles. The van der Waals surface area contributed by atoms with E-state index in [-0.39, 0.29) is 18.9 Å². The lowest BCUT2D eigenvalue weighted by atomic mass is 10.1. The number of ether oxygens (including phenoxy) is 2. The fraction of sp³-hybridized carbons (Fsp3) is 0.467. The van der Waals surface area contributed by atoms with E-state index in [1.807, 2.05) is 0 Å². The maximum Gasteiger partial charge on any atom is 0.325 e. The number of carbonyl (C=O) groups excluding carboxylic acids is 2. The van der Waals surface area contributed by atoms with Crippen LogP contribution in [0.1, 0.15) is 12.5 Å². The number of rotatable bonds is 8. The molecule has 6 nitrogen and oxygen atoms in total. The number of nitrogen functional groups attached to an aromatic ring is 1. The molecule has 1 rings (SSSR count). The van der Waals surface area contributed by atoms with Crippen LogP contribution in [-0.2, 0) is 25.5 Å². The van der Waals surface area contributed by atoms with Gasteiger partial charge in [-0.15, -0.1) is 0 Å². The van der Waals surface area contributed by atoms with Crippen LogP contribution < -0.4 is 5.73 Å². The molecular formula is C15H22N2O4. The fourth-order valence-corrected chi connectivity index (χ4v) is 1.78. The molecule has 0 aliphatic carbocycles. The number of esters is 1. The molecule has 1 aromatic rings. The van der Waals surface area contributed by atoms with Gasteiger partial charge in [0, 0.05) is 19.3 Å². The highest BCUT2D eigenvalue weighted by molar-refractivity contribution is 5.83. The van der Waals surface area contributed by atoms with E-state index in [1.165, 1.54) is 4.90 Å². The molecule has 0 heterocycles. The third-order valence-corrected chi connectivity index (χ3v) is 2.88. The number of amides is 1.